The number of nitrogens with zero attached hydrogens (tertiary/aromatic N) is 2. The minimum atomic E-state index is -1.04. The molecule has 0 saturated heterocycles. The molecule has 0 spiro atoms. The Morgan fingerprint density at radius 2 is 2.36 bits per heavy atom. The molecular formula is C9H12N2O3. The zero-order chi connectivity index (χ0) is 10.6. The van der Waals surface area contributed by atoms with Crippen LogP contribution < -0.4 is 5.56 Å². The number of aromatic nitrogens is 2. The molecule has 1 rings (SSSR count). The number of rotatable bonds is 4. The molecule has 76 valence electrons. The number of carboxylic acids is 1. The molecule has 0 aromatic carbocycles. The van der Waals surface area contributed by atoms with E-state index < -0.39 is 5.97 Å². The van der Waals surface area contributed by atoms with Gasteiger partial charge in [0.15, 0.2) is 0 Å². The average molecular weight is 196 g/mol. The molecule has 0 atom stereocenters. The molecule has 0 saturated carbocycles. The van der Waals surface area contributed by atoms with E-state index in [9.17, 15) is 9.59 Å². The lowest BCUT2D eigenvalue weighted by Crippen LogP contribution is -2.24. The van der Waals surface area contributed by atoms with Crippen LogP contribution >= 0.6 is 0 Å². The van der Waals surface area contributed by atoms with E-state index in [-0.39, 0.29) is 12.1 Å². The van der Waals surface area contributed by atoms with Crippen molar-refractivity contribution in [2.24, 2.45) is 0 Å². The van der Waals surface area contributed by atoms with Crippen molar-refractivity contribution in [1.29, 1.82) is 0 Å². The summed E-state index contributed by atoms with van der Waals surface area (Å²) in [5, 5.41) is 8.48. The number of carbonyl (C=O) groups is 1. The van der Waals surface area contributed by atoms with Crippen LogP contribution in [0, 0.1) is 0 Å². The van der Waals surface area contributed by atoms with Crippen LogP contribution in [0.25, 0.3) is 0 Å². The maximum absolute atomic E-state index is 11.3. The van der Waals surface area contributed by atoms with Gasteiger partial charge in [0, 0.05) is 11.8 Å². The highest BCUT2D eigenvalue weighted by atomic mass is 16.4. The average Bonchev–Trinajstić information content (AvgIpc) is 2.10. The molecule has 0 radical (unpaired) electrons. The van der Waals surface area contributed by atoms with E-state index >= 15 is 0 Å². The Kier molecular flexibility index (Phi) is 3.39. The summed E-state index contributed by atoms with van der Waals surface area (Å²) in [6.07, 6.45) is 2.93. The zero-order valence-electron chi connectivity index (χ0n) is 7.93. The maximum atomic E-state index is 11.3. The fraction of sp³-hybridized carbons (Fsp3) is 0.444. The molecule has 0 aliphatic carbocycles. The van der Waals surface area contributed by atoms with Crippen molar-refractivity contribution in [1.82, 2.24) is 9.55 Å². The first-order valence-electron chi connectivity index (χ1n) is 4.40. The van der Waals surface area contributed by atoms with Crippen molar-refractivity contribution >= 4 is 5.97 Å². The SMILES string of the molecule is CCCc1cc(=O)n(CC(=O)O)cn1. The van der Waals surface area contributed by atoms with Crippen LogP contribution in [0.5, 0.6) is 0 Å². The lowest BCUT2D eigenvalue weighted by atomic mass is 10.2. The first-order chi connectivity index (χ1) is 6.63. The first kappa shape index (κ1) is 10.4. The standard InChI is InChI=1S/C9H12N2O3/c1-2-3-7-4-8(12)11(6-10-7)5-9(13)14/h4,6H,2-3,5H2,1H3,(H,13,14). The Bertz CT molecular complexity index is 384. The highest BCUT2D eigenvalue weighted by Crippen LogP contribution is 1.94. The third-order valence-electron chi connectivity index (χ3n) is 1.75. The van der Waals surface area contributed by atoms with Gasteiger partial charge < -0.3 is 5.11 Å². The molecule has 0 aliphatic heterocycles. The van der Waals surface area contributed by atoms with E-state index in [1.807, 2.05) is 6.92 Å². The lowest BCUT2D eigenvalue weighted by Gasteiger charge is -2.02. The van der Waals surface area contributed by atoms with Gasteiger partial charge in [0.2, 0.25) is 0 Å². The molecule has 5 heteroatoms. The Labute approximate surface area is 81.0 Å². The minimum absolute atomic E-state index is 0.314. The number of hydrogen-bond donors (Lipinski definition) is 1. The molecule has 0 fully saturated rings. The molecule has 0 unspecified atom stereocenters. The molecule has 0 aliphatic rings. The quantitative estimate of drug-likeness (QED) is 0.750. The molecule has 1 aromatic rings. The predicted molar refractivity (Wildman–Crippen MR) is 50.1 cm³/mol. The van der Waals surface area contributed by atoms with Gasteiger partial charge in [-0.05, 0) is 6.42 Å². The molecule has 5 nitrogen and oxygen atoms in total. The second-order valence-electron chi connectivity index (χ2n) is 2.99. The first-order valence-corrected chi connectivity index (χ1v) is 4.40. The van der Waals surface area contributed by atoms with Gasteiger partial charge >= 0.3 is 5.97 Å². The fourth-order valence-electron chi connectivity index (χ4n) is 1.12. The van der Waals surface area contributed by atoms with Gasteiger partial charge in [-0.25, -0.2) is 4.98 Å². The van der Waals surface area contributed by atoms with Crippen molar-refractivity contribution in [2.45, 2.75) is 26.3 Å². The van der Waals surface area contributed by atoms with Crippen LogP contribution in [0.15, 0.2) is 17.2 Å². The van der Waals surface area contributed by atoms with Gasteiger partial charge in [0.05, 0.1) is 6.33 Å². The summed E-state index contributed by atoms with van der Waals surface area (Å²) in [4.78, 5) is 25.6. The molecule has 0 amide bonds. The van der Waals surface area contributed by atoms with E-state index in [1.54, 1.807) is 0 Å². The Morgan fingerprint density at radius 1 is 1.64 bits per heavy atom. The summed E-state index contributed by atoms with van der Waals surface area (Å²) in [7, 11) is 0. The topological polar surface area (TPSA) is 72.2 Å². The Hall–Kier alpha value is -1.65. The van der Waals surface area contributed by atoms with Crippen molar-refractivity contribution in [3.05, 3.63) is 28.4 Å². The normalized spacial score (nSPS) is 10.1. The van der Waals surface area contributed by atoms with Crippen LogP contribution in [0.1, 0.15) is 19.0 Å². The summed E-state index contributed by atoms with van der Waals surface area (Å²) < 4.78 is 1.07. The lowest BCUT2D eigenvalue weighted by molar-refractivity contribution is -0.137. The Morgan fingerprint density at radius 3 is 2.86 bits per heavy atom. The minimum Gasteiger partial charge on any atom is -0.480 e. The van der Waals surface area contributed by atoms with Crippen molar-refractivity contribution in [3.8, 4) is 0 Å². The predicted octanol–water partition coefficient (Wildman–Crippen LogP) is 0.280. The van der Waals surface area contributed by atoms with E-state index in [0.717, 1.165) is 17.4 Å². The number of hydrogen-bond acceptors (Lipinski definition) is 3. The monoisotopic (exact) mass is 196 g/mol. The molecule has 1 N–H and O–H groups in total. The largest absolute Gasteiger partial charge is 0.480 e. The van der Waals surface area contributed by atoms with Gasteiger partial charge in [-0.2, -0.15) is 0 Å². The van der Waals surface area contributed by atoms with Gasteiger partial charge in [0.1, 0.15) is 6.54 Å². The van der Waals surface area contributed by atoms with Crippen molar-refractivity contribution < 1.29 is 9.90 Å². The number of carboxylic acid groups (broad SMARTS) is 1. The second kappa shape index (κ2) is 4.55. The van der Waals surface area contributed by atoms with Crippen LogP contribution in [-0.2, 0) is 17.8 Å². The maximum Gasteiger partial charge on any atom is 0.323 e. The fourth-order valence-corrected chi connectivity index (χ4v) is 1.12. The summed E-state index contributed by atoms with van der Waals surface area (Å²) in [6.45, 7) is 1.66. The van der Waals surface area contributed by atoms with Crippen LogP contribution in [0.4, 0.5) is 0 Å². The third-order valence-corrected chi connectivity index (χ3v) is 1.75. The van der Waals surface area contributed by atoms with Crippen LogP contribution in [-0.4, -0.2) is 20.6 Å². The Balaban J connectivity index is 2.90. The third kappa shape index (κ3) is 2.69. The van der Waals surface area contributed by atoms with E-state index in [1.165, 1.54) is 12.4 Å². The zero-order valence-corrected chi connectivity index (χ0v) is 7.93. The van der Waals surface area contributed by atoms with Crippen LogP contribution in [0.2, 0.25) is 0 Å². The van der Waals surface area contributed by atoms with E-state index in [0.29, 0.717) is 5.69 Å². The van der Waals surface area contributed by atoms with Gasteiger partial charge in [-0.3, -0.25) is 14.2 Å². The molecule has 1 aromatic heterocycles. The van der Waals surface area contributed by atoms with Crippen molar-refractivity contribution in [2.75, 3.05) is 0 Å². The highest BCUT2D eigenvalue weighted by molar-refractivity contribution is 5.66. The summed E-state index contributed by atoms with van der Waals surface area (Å²) in [5.74, 6) is -1.04. The summed E-state index contributed by atoms with van der Waals surface area (Å²) in [6, 6.07) is 1.38. The smallest absolute Gasteiger partial charge is 0.323 e. The number of aryl methyl sites for hydroxylation is 1. The number of aliphatic carboxylic acids is 1. The van der Waals surface area contributed by atoms with Gasteiger partial charge in [0.25, 0.3) is 5.56 Å². The van der Waals surface area contributed by atoms with Gasteiger partial charge in [-0.15, -0.1) is 0 Å². The molecule has 1 heterocycles. The second-order valence-corrected chi connectivity index (χ2v) is 2.99. The van der Waals surface area contributed by atoms with Gasteiger partial charge in [-0.1, -0.05) is 13.3 Å². The summed E-state index contributed by atoms with van der Waals surface area (Å²) >= 11 is 0. The summed E-state index contributed by atoms with van der Waals surface area (Å²) in [5.41, 5.74) is 0.394. The molecule has 0 bridgehead atoms. The van der Waals surface area contributed by atoms with Crippen LogP contribution in [0.3, 0.4) is 0 Å². The highest BCUT2D eigenvalue weighted by Gasteiger charge is 2.02. The molecular weight excluding hydrogens is 184 g/mol. The van der Waals surface area contributed by atoms with E-state index in [2.05, 4.69) is 4.98 Å². The van der Waals surface area contributed by atoms with Crippen molar-refractivity contribution in [3.63, 3.8) is 0 Å². The molecule has 14 heavy (non-hydrogen) atoms. The van der Waals surface area contributed by atoms with E-state index in [4.69, 9.17) is 5.11 Å².